The van der Waals surface area contributed by atoms with Gasteiger partial charge in [0.2, 0.25) is 5.91 Å². The number of halogens is 3. The third-order valence-electron chi connectivity index (χ3n) is 7.57. The molecule has 0 aromatic heterocycles. The molecule has 1 saturated heterocycles. The fourth-order valence-electron chi connectivity index (χ4n) is 5.61. The number of carbonyl (C=O) groups excluding carboxylic acids is 3. The first-order chi connectivity index (χ1) is 19.5. The SMILES string of the molecule is C=CCN1C(=O)N[C@@H](c2ccccc2C(F)(F)F)C2=C1CN([C@H](CC(C)C)C(=O)NCCCN1CCOCC1)C2=O. The van der Waals surface area contributed by atoms with E-state index in [1.165, 1.54) is 34.1 Å². The van der Waals surface area contributed by atoms with Crippen LogP contribution in [0, 0.1) is 5.92 Å². The van der Waals surface area contributed by atoms with Crippen LogP contribution in [0.4, 0.5) is 18.0 Å². The smallest absolute Gasteiger partial charge is 0.379 e. The van der Waals surface area contributed by atoms with Crippen LogP contribution in [0.1, 0.15) is 43.9 Å². The third kappa shape index (κ3) is 6.92. The van der Waals surface area contributed by atoms with Crippen molar-refractivity contribution in [3.05, 3.63) is 59.3 Å². The minimum atomic E-state index is -4.69. The molecule has 3 aliphatic rings. The van der Waals surface area contributed by atoms with Gasteiger partial charge in [-0.1, -0.05) is 38.1 Å². The van der Waals surface area contributed by atoms with Crippen LogP contribution < -0.4 is 10.6 Å². The van der Waals surface area contributed by atoms with Gasteiger partial charge < -0.3 is 20.3 Å². The Labute approximate surface area is 238 Å². The van der Waals surface area contributed by atoms with E-state index in [2.05, 4.69) is 22.1 Å². The Morgan fingerprint density at radius 3 is 2.59 bits per heavy atom. The Balaban J connectivity index is 1.59. The van der Waals surface area contributed by atoms with Crippen molar-refractivity contribution in [2.45, 2.75) is 44.9 Å². The maximum Gasteiger partial charge on any atom is 0.416 e. The number of benzene rings is 1. The molecule has 1 aromatic carbocycles. The molecule has 224 valence electrons. The lowest BCUT2D eigenvalue weighted by Crippen LogP contribution is -2.49. The monoisotopic (exact) mass is 577 g/mol. The van der Waals surface area contributed by atoms with Gasteiger partial charge in [0.25, 0.3) is 5.91 Å². The summed E-state index contributed by atoms with van der Waals surface area (Å²) >= 11 is 0. The minimum Gasteiger partial charge on any atom is -0.379 e. The normalized spacial score (nSPS) is 20.8. The number of nitrogens with one attached hydrogen (secondary N) is 2. The molecule has 0 unspecified atom stereocenters. The number of ether oxygens (including phenoxy) is 1. The van der Waals surface area contributed by atoms with Gasteiger partial charge in [-0.2, -0.15) is 13.2 Å². The van der Waals surface area contributed by atoms with Gasteiger partial charge in [0.1, 0.15) is 6.04 Å². The van der Waals surface area contributed by atoms with Crippen LogP contribution in [-0.2, 0) is 20.5 Å². The van der Waals surface area contributed by atoms with Crippen LogP contribution in [-0.4, -0.2) is 91.1 Å². The second-order valence-corrected chi connectivity index (χ2v) is 10.9. The molecule has 1 fully saturated rings. The molecule has 4 rings (SSSR count). The number of alkyl halides is 3. The van der Waals surface area contributed by atoms with Crippen molar-refractivity contribution in [2.24, 2.45) is 5.92 Å². The largest absolute Gasteiger partial charge is 0.416 e. The standard InChI is InChI=1S/C29H38F3N5O4/c1-4-11-36-23-18-37(22(17-19(2)3)26(38)33-10-7-12-35-13-15-41-16-14-35)27(39)24(23)25(34-28(36)40)20-8-5-6-9-21(20)29(30,31)32/h4-6,8-9,19,22,25H,1,7,10-18H2,2-3H3,(H,33,38)(H,34,40)/t22-,25+/m1/s1. The zero-order chi connectivity index (χ0) is 29.7. The van der Waals surface area contributed by atoms with Gasteiger partial charge in [-0.3, -0.25) is 19.4 Å². The Hall–Kier alpha value is -3.38. The molecule has 3 aliphatic heterocycles. The van der Waals surface area contributed by atoms with Crippen molar-refractivity contribution in [1.82, 2.24) is 25.3 Å². The summed E-state index contributed by atoms with van der Waals surface area (Å²) < 4.78 is 47.2. The number of urea groups is 1. The number of hydrogen-bond donors (Lipinski definition) is 2. The molecule has 0 radical (unpaired) electrons. The summed E-state index contributed by atoms with van der Waals surface area (Å²) in [5, 5.41) is 5.56. The zero-order valence-electron chi connectivity index (χ0n) is 23.5. The summed E-state index contributed by atoms with van der Waals surface area (Å²) in [6.45, 7) is 11.8. The fraction of sp³-hybridized carbons (Fsp3) is 0.552. The van der Waals surface area contributed by atoms with Gasteiger partial charge >= 0.3 is 12.2 Å². The molecular weight excluding hydrogens is 539 g/mol. The molecular formula is C29H38F3N5O4. The van der Waals surface area contributed by atoms with Crippen LogP contribution in [0.2, 0.25) is 0 Å². The van der Waals surface area contributed by atoms with Crippen molar-refractivity contribution in [3.63, 3.8) is 0 Å². The summed E-state index contributed by atoms with van der Waals surface area (Å²) in [5.41, 5.74) is -0.828. The van der Waals surface area contributed by atoms with E-state index in [0.29, 0.717) is 26.2 Å². The lowest BCUT2D eigenvalue weighted by Gasteiger charge is -2.33. The molecule has 0 spiro atoms. The van der Waals surface area contributed by atoms with Gasteiger partial charge in [-0.15, -0.1) is 6.58 Å². The van der Waals surface area contributed by atoms with E-state index >= 15 is 0 Å². The molecule has 12 heteroatoms. The maximum atomic E-state index is 14.0. The number of hydrogen-bond acceptors (Lipinski definition) is 5. The third-order valence-corrected chi connectivity index (χ3v) is 7.57. The van der Waals surface area contributed by atoms with Crippen LogP contribution in [0.25, 0.3) is 0 Å². The molecule has 0 bridgehead atoms. The lowest BCUT2D eigenvalue weighted by molar-refractivity contribution is -0.139. The van der Waals surface area contributed by atoms with E-state index in [0.717, 1.165) is 32.1 Å². The quantitative estimate of drug-likeness (QED) is 0.311. The number of carbonyl (C=O) groups is 3. The number of nitrogens with zero attached hydrogens (tertiary/aromatic N) is 3. The van der Waals surface area contributed by atoms with Crippen LogP contribution >= 0.6 is 0 Å². The first kappa shape index (κ1) is 30.6. The predicted molar refractivity (Wildman–Crippen MR) is 146 cm³/mol. The average molecular weight is 578 g/mol. The van der Waals surface area contributed by atoms with Gasteiger partial charge in [-0.05, 0) is 36.9 Å². The van der Waals surface area contributed by atoms with E-state index in [-0.39, 0.29) is 41.7 Å². The van der Waals surface area contributed by atoms with Crippen LogP contribution in [0.15, 0.2) is 48.2 Å². The highest BCUT2D eigenvalue weighted by Gasteiger charge is 2.48. The van der Waals surface area contributed by atoms with Gasteiger partial charge in [0, 0.05) is 26.2 Å². The van der Waals surface area contributed by atoms with Gasteiger partial charge in [0.15, 0.2) is 0 Å². The van der Waals surface area contributed by atoms with E-state index in [4.69, 9.17) is 4.74 Å². The van der Waals surface area contributed by atoms with Crippen molar-refractivity contribution in [1.29, 1.82) is 0 Å². The van der Waals surface area contributed by atoms with Crippen molar-refractivity contribution < 1.29 is 32.3 Å². The number of morpholine rings is 1. The molecule has 0 aliphatic carbocycles. The minimum absolute atomic E-state index is 0.0389. The second kappa shape index (κ2) is 13.1. The van der Waals surface area contributed by atoms with Crippen LogP contribution in [0.3, 0.4) is 0 Å². The summed E-state index contributed by atoms with van der Waals surface area (Å²) in [6.07, 6.45) is -2.13. The van der Waals surface area contributed by atoms with Crippen molar-refractivity contribution >= 4 is 17.8 Å². The highest BCUT2D eigenvalue weighted by Crippen LogP contribution is 2.42. The van der Waals surface area contributed by atoms with E-state index in [9.17, 15) is 27.6 Å². The Kier molecular flexibility index (Phi) is 9.75. The highest BCUT2D eigenvalue weighted by atomic mass is 19.4. The van der Waals surface area contributed by atoms with Crippen molar-refractivity contribution in [2.75, 3.05) is 52.5 Å². The summed E-state index contributed by atoms with van der Waals surface area (Å²) in [5.74, 6) is -0.837. The summed E-state index contributed by atoms with van der Waals surface area (Å²) in [7, 11) is 0. The van der Waals surface area contributed by atoms with E-state index in [1.54, 1.807) is 0 Å². The van der Waals surface area contributed by atoms with Crippen molar-refractivity contribution in [3.8, 4) is 0 Å². The first-order valence-electron chi connectivity index (χ1n) is 14.0. The summed E-state index contributed by atoms with van der Waals surface area (Å²) in [6, 6.07) is 2.11. The molecule has 3 heterocycles. The second-order valence-electron chi connectivity index (χ2n) is 10.9. The Morgan fingerprint density at radius 1 is 1.22 bits per heavy atom. The molecule has 41 heavy (non-hydrogen) atoms. The number of rotatable bonds is 11. The molecule has 2 atom stereocenters. The Bertz CT molecular complexity index is 1180. The van der Waals surface area contributed by atoms with Crippen LogP contribution in [0.5, 0.6) is 0 Å². The Morgan fingerprint density at radius 2 is 1.93 bits per heavy atom. The fourth-order valence-corrected chi connectivity index (χ4v) is 5.61. The average Bonchev–Trinajstić information content (AvgIpc) is 3.27. The maximum absolute atomic E-state index is 14.0. The molecule has 1 aromatic rings. The highest BCUT2D eigenvalue weighted by molar-refractivity contribution is 6.03. The number of amides is 4. The predicted octanol–water partition coefficient (Wildman–Crippen LogP) is 3.31. The van der Waals surface area contributed by atoms with Gasteiger partial charge in [-0.25, -0.2) is 4.79 Å². The molecule has 9 nitrogen and oxygen atoms in total. The van der Waals surface area contributed by atoms with E-state index in [1.807, 2.05) is 13.8 Å². The summed E-state index contributed by atoms with van der Waals surface area (Å²) in [4.78, 5) is 45.5. The molecule has 0 saturated carbocycles. The van der Waals surface area contributed by atoms with E-state index < -0.39 is 35.8 Å². The first-order valence-corrected chi connectivity index (χ1v) is 14.0. The lowest BCUT2D eigenvalue weighted by atomic mass is 9.91. The van der Waals surface area contributed by atoms with Gasteiger partial charge in [0.05, 0.1) is 42.6 Å². The molecule has 2 N–H and O–H groups in total. The zero-order valence-corrected chi connectivity index (χ0v) is 23.5. The molecule has 4 amide bonds. The topological polar surface area (TPSA) is 94.2 Å².